The standard InChI is InChI=1S/C33H70N10O12/c34-8-16-4-23(47)25(41)33(52-16)55-31-20(39)6-18(37)29(27(31)49)51-13-15(45)11-43-3-1-2-42-10-14(44)12-50-28-17(36)5-19(38)30(26(28)48)54-32-21(40)7-22(46)24(9-35)53-32/h14-33,42-49H,1-13,34-41H2/t14-,15+,16+,17-,18-,19+,20+,21-,22+,23+,24-,25-,26-,27-,28+,29+,30-,31-,32-,33+/m1/s1. The van der Waals surface area contributed by atoms with Gasteiger partial charge in [-0.05, 0) is 38.8 Å². The molecule has 2 saturated heterocycles. The number of rotatable bonds is 20. The van der Waals surface area contributed by atoms with Crippen LogP contribution in [0.1, 0.15) is 32.1 Å². The molecule has 22 heteroatoms. The molecule has 55 heavy (non-hydrogen) atoms. The Kier molecular flexibility index (Phi) is 19.1. The van der Waals surface area contributed by atoms with E-state index in [0.717, 1.165) is 0 Å². The second-order valence-corrected chi connectivity index (χ2v) is 15.5. The van der Waals surface area contributed by atoms with Gasteiger partial charge in [-0.2, -0.15) is 0 Å². The van der Waals surface area contributed by atoms with Crippen molar-refractivity contribution in [1.29, 1.82) is 0 Å². The predicted octanol–water partition coefficient (Wildman–Crippen LogP) is -8.82. The molecule has 0 aromatic heterocycles. The molecular formula is C33H70N10O12. The van der Waals surface area contributed by atoms with Gasteiger partial charge in [-0.15, -0.1) is 0 Å². The Labute approximate surface area is 322 Å². The molecule has 20 atom stereocenters. The van der Waals surface area contributed by atoms with Crippen molar-refractivity contribution in [3.05, 3.63) is 0 Å². The van der Waals surface area contributed by atoms with Crippen molar-refractivity contribution in [3.8, 4) is 0 Å². The molecule has 0 aromatic rings. The zero-order chi connectivity index (χ0) is 40.4. The summed E-state index contributed by atoms with van der Waals surface area (Å²) in [5.41, 5.74) is 48.6. The van der Waals surface area contributed by atoms with Gasteiger partial charge in [-0.3, -0.25) is 0 Å². The third-order valence-corrected chi connectivity index (χ3v) is 10.8. The first-order chi connectivity index (χ1) is 26.1. The predicted molar refractivity (Wildman–Crippen MR) is 197 cm³/mol. The van der Waals surface area contributed by atoms with Crippen molar-refractivity contribution in [2.75, 3.05) is 52.5 Å². The van der Waals surface area contributed by atoms with Gasteiger partial charge in [0, 0.05) is 56.8 Å². The second-order valence-electron chi connectivity index (χ2n) is 15.5. The zero-order valence-electron chi connectivity index (χ0n) is 31.5. The lowest BCUT2D eigenvalue weighted by Gasteiger charge is -2.45. The molecule has 0 unspecified atom stereocenters. The Balaban J connectivity index is 1.09. The lowest BCUT2D eigenvalue weighted by atomic mass is 9.84. The van der Waals surface area contributed by atoms with Crippen LogP contribution in [0.5, 0.6) is 0 Å². The largest absolute Gasteiger partial charge is 0.391 e. The highest BCUT2D eigenvalue weighted by atomic mass is 16.7. The van der Waals surface area contributed by atoms with E-state index in [1.165, 1.54) is 0 Å². The molecule has 0 amide bonds. The van der Waals surface area contributed by atoms with E-state index in [-0.39, 0.29) is 65.1 Å². The molecule has 2 aliphatic heterocycles. The summed E-state index contributed by atoms with van der Waals surface area (Å²) in [6.07, 6.45) is -11.0. The number of aliphatic hydroxyl groups is 6. The molecule has 0 spiro atoms. The highest BCUT2D eigenvalue weighted by Gasteiger charge is 2.48. The SMILES string of the molecule is NC[C@@H]1C[C@H](O)[C@@H](N)[C@H](O[C@H]2[C@H](O)[C@@H](OC[C@@H](O)CNCCCNC[C@@H](O)CO[C@@H]3[C@@H](O)[C@H](O[C@H]4O[C@H](CN)[C@@H](O)C[C@H]4N)[C@@H](N)C[C@H]3N)[C@H](N)C[C@@H]2N)O1. The first kappa shape index (κ1) is 46.8. The van der Waals surface area contributed by atoms with Crippen molar-refractivity contribution in [1.82, 2.24) is 10.6 Å². The molecule has 2 saturated carbocycles. The lowest BCUT2D eigenvalue weighted by Crippen LogP contribution is -2.65. The van der Waals surface area contributed by atoms with Crippen LogP contribution in [0.4, 0.5) is 0 Å². The first-order valence-corrected chi connectivity index (χ1v) is 19.4. The molecule has 0 bridgehead atoms. The van der Waals surface area contributed by atoms with E-state index in [4.69, 9.17) is 74.3 Å². The van der Waals surface area contributed by atoms with E-state index in [2.05, 4.69) is 10.6 Å². The van der Waals surface area contributed by atoms with Crippen molar-refractivity contribution >= 4 is 0 Å². The van der Waals surface area contributed by atoms with Gasteiger partial charge in [0.05, 0.1) is 61.9 Å². The first-order valence-electron chi connectivity index (χ1n) is 19.4. The summed E-state index contributed by atoms with van der Waals surface area (Å²) in [6.45, 7) is 1.55. The van der Waals surface area contributed by atoms with Crippen LogP contribution in [0, 0.1) is 0 Å². The van der Waals surface area contributed by atoms with Crippen LogP contribution < -0.4 is 56.5 Å². The normalized spacial score (nSPS) is 44.0. The van der Waals surface area contributed by atoms with E-state index < -0.39 is 122 Å². The lowest BCUT2D eigenvalue weighted by molar-refractivity contribution is -0.270. The van der Waals surface area contributed by atoms with Gasteiger partial charge in [0.2, 0.25) is 0 Å². The Bertz CT molecular complexity index is 1100. The maximum Gasteiger partial charge on any atom is 0.176 e. The van der Waals surface area contributed by atoms with Crippen molar-refractivity contribution in [3.63, 3.8) is 0 Å². The molecule has 4 fully saturated rings. The Morgan fingerprint density at radius 2 is 1.07 bits per heavy atom. The van der Waals surface area contributed by atoms with E-state index in [0.29, 0.717) is 19.5 Å². The second kappa shape index (κ2) is 22.5. The Morgan fingerprint density at radius 1 is 0.582 bits per heavy atom. The fourth-order valence-corrected chi connectivity index (χ4v) is 7.58. The minimum absolute atomic E-state index is 0.0711. The zero-order valence-corrected chi connectivity index (χ0v) is 31.5. The third kappa shape index (κ3) is 13.1. The van der Waals surface area contributed by atoms with E-state index in [9.17, 15) is 30.6 Å². The summed E-state index contributed by atoms with van der Waals surface area (Å²) in [7, 11) is 0. The van der Waals surface area contributed by atoms with Crippen molar-refractivity contribution in [2.45, 2.75) is 154 Å². The molecule has 0 radical (unpaired) electrons. The molecule has 0 aromatic carbocycles. The number of nitrogens with one attached hydrogen (secondary N) is 2. The molecular weight excluding hydrogens is 728 g/mol. The van der Waals surface area contributed by atoms with Gasteiger partial charge in [-0.25, -0.2) is 0 Å². The van der Waals surface area contributed by atoms with Crippen molar-refractivity contribution in [2.24, 2.45) is 45.9 Å². The van der Waals surface area contributed by atoms with Gasteiger partial charge in [-0.1, -0.05) is 0 Å². The third-order valence-electron chi connectivity index (χ3n) is 10.8. The quantitative estimate of drug-likeness (QED) is 0.0508. The topological polar surface area (TPSA) is 409 Å². The van der Waals surface area contributed by atoms with Gasteiger partial charge in [0.15, 0.2) is 12.6 Å². The average molecular weight is 799 g/mol. The fourth-order valence-electron chi connectivity index (χ4n) is 7.58. The summed E-state index contributed by atoms with van der Waals surface area (Å²) < 4.78 is 35.1. The monoisotopic (exact) mass is 799 g/mol. The maximum atomic E-state index is 11.1. The van der Waals surface area contributed by atoms with Crippen molar-refractivity contribution < 1.29 is 59.1 Å². The van der Waals surface area contributed by atoms with Gasteiger partial charge >= 0.3 is 0 Å². The van der Waals surface area contributed by atoms with Crippen LogP contribution in [0.25, 0.3) is 0 Å². The number of aliphatic hydroxyl groups excluding tert-OH is 6. The van der Waals surface area contributed by atoms with Crippen LogP contribution in [-0.4, -0.2) is 205 Å². The molecule has 4 aliphatic rings. The fraction of sp³-hybridized carbons (Fsp3) is 1.00. The smallest absolute Gasteiger partial charge is 0.176 e. The minimum atomic E-state index is -1.24. The van der Waals surface area contributed by atoms with E-state index in [1.54, 1.807) is 0 Å². The summed E-state index contributed by atoms with van der Waals surface area (Å²) in [4.78, 5) is 0. The summed E-state index contributed by atoms with van der Waals surface area (Å²) >= 11 is 0. The summed E-state index contributed by atoms with van der Waals surface area (Å²) in [6, 6.07) is -4.01. The molecule has 22 nitrogen and oxygen atoms in total. The van der Waals surface area contributed by atoms with Crippen LogP contribution >= 0.6 is 0 Å². The van der Waals surface area contributed by atoms with Crippen LogP contribution in [0.2, 0.25) is 0 Å². The van der Waals surface area contributed by atoms with E-state index in [1.807, 2.05) is 0 Å². The molecule has 24 N–H and O–H groups in total. The number of ether oxygens (including phenoxy) is 6. The van der Waals surface area contributed by atoms with Crippen LogP contribution in [0.15, 0.2) is 0 Å². The number of hydrogen-bond donors (Lipinski definition) is 16. The van der Waals surface area contributed by atoms with Gasteiger partial charge in [0.1, 0.15) is 36.6 Å². The minimum Gasteiger partial charge on any atom is -0.391 e. The van der Waals surface area contributed by atoms with E-state index >= 15 is 0 Å². The Morgan fingerprint density at radius 3 is 1.56 bits per heavy atom. The molecule has 2 aliphatic carbocycles. The summed E-state index contributed by atoms with van der Waals surface area (Å²) in [5.74, 6) is 0. The summed E-state index contributed by atoms with van der Waals surface area (Å²) in [5, 5.41) is 69.9. The van der Waals surface area contributed by atoms with Crippen LogP contribution in [0.3, 0.4) is 0 Å². The van der Waals surface area contributed by atoms with Gasteiger partial charge < -0.3 is 116 Å². The van der Waals surface area contributed by atoms with Gasteiger partial charge in [0.25, 0.3) is 0 Å². The Hall–Kier alpha value is -0.880. The average Bonchev–Trinajstić information content (AvgIpc) is 3.13. The molecule has 2 heterocycles. The molecule has 324 valence electrons. The highest BCUT2D eigenvalue weighted by molar-refractivity contribution is 5.01. The number of hydrogen-bond acceptors (Lipinski definition) is 22. The maximum absolute atomic E-state index is 11.1. The highest BCUT2D eigenvalue weighted by Crippen LogP contribution is 2.30. The number of nitrogens with two attached hydrogens (primary N) is 8. The molecule has 4 rings (SSSR count). The van der Waals surface area contributed by atoms with Crippen LogP contribution in [-0.2, 0) is 28.4 Å².